The lowest BCUT2D eigenvalue weighted by atomic mass is 10.2. The predicted octanol–water partition coefficient (Wildman–Crippen LogP) is 3.94. The number of rotatable bonds is 6. The fraction of sp³-hybridized carbons (Fsp3) is 0.188. The van der Waals surface area contributed by atoms with Crippen molar-refractivity contribution in [3.05, 3.63) is 54.1 Å². The first-order valence-electron chi connectivity index (χ1n) is 6.68. The number of carbonyl (C=O) groups is 1. The van der Waals surface area contributed by atoms with Gasteiger partial charge >= 0.3 is 6.61 Å². The van der Waals surface area contributed by atoms with Crippen LogP contribution in [0.25, 0.3) is 0 Å². The average molecular weight is 307 g/mol. The predicted molar refractivity (Wildman–Crippen MR) is 78.6 cm³/mol. The van der Waals surface area contributed by atoms with Gasteiger partial charge in [-0.2, -0.15) is 8.78 Å². The molecule has 0 radical (unpaired) electrons. The first-order valence-corrected chi connectivity index (χ1v) is 6.68. The zero-order valence-corrected chi connectivity index (χ0v) is 11.9. The molecule has 2 aromatic rings. The summed E-state index contributed by atoms with van der Waals surface area (Å²) in [5.74, 6) is -0.368. The van der Waals surface area contributed by atoms with E-state index in [1.54, 1.807) is 31.2 Å². The van der Waals surface area contributed by atoms with Gasteiger partial charge in [0, 0.05) is 11.3 Å². The Labute approximate surface area is 126 Å². The molecule has 0 aliphatic heterocycles. The van der Waals surface area contributed by atoms with Crippen LogP contribution in [0.5, 0.6) is 11.5 Å². The standard InChI is InChI=1S/C16H15F2NO3/c1-2-21-14-10-11(8-9-13(14)22-16(17)18)15(20)19-12-6-4-3-5-7-12/h3-10,16H,2H2,1H3,(H,19,20). The molecule has 0 atom stereocenters. The van der Waals surface area contributed by atoms with E-state index in [-0.39, 0.29) is 29.6 Å². The van der Waals surface area contributed by atoms with E-state index in [2.05, 4.69) is 10.1 Å². The largest absolute Gasteiger partial charge is 0.490 e. The van der Waals surface area contributed by atoms with Crippen molar-refractivity contribution >= 4 is 11.6 Å². The third-order valence-electron chi connectivity index (χ3n) is 2.75. The molecule has 0 aliphatic rings. The number of amides is 1. The fourth-order valence-corrected chi connectivity index (χ4v) is 1.84. The van der Waals surface area contributed by atoms with Crippen molar-refractivity contribution in [3.8, 4) is 11.5 Å². The van der Waals surface area contributed by atoms with E-state index in [9.17, 15) is 13.6 Å². The minimum absolute atomic E-state index is 0.100. The molecule has 6 heteroatoms. The zero-order valence-electron chi connectivity index (χ0n) is 11.9. The number of benzene rings is 2. The van der Waals surface area contributed by atoms with E-state index in [0.717, 1.165) is 0 Å². The van der Waals surface area contributed by atoms with E-state index in [1.165, 1.54) is 18.2 Å². The third-order valence-corrected chi connectivity index (χ3v) is 2.75. The van der Waals surface area contributed by atoms with E-state index >= 15 is 0 Å². The number of ether oxygens (including phenoxy) is 2. The Balaban J connectivity index is 2.20. The van der Waals surface area contributed by atoms with Crippen molar-refractivity contribution in [3.63, 3.8) is 0 Å². The summed E-state index contributed by atoms with van der Waals surface area (Å²) in [5.41, 5.74) is 0.923. The van der Waals surface area contributed by atoms with Crippen molar-refractivity contribution in [1.82, 2.24) is 0 Å². The summed E-state index contributed by atoms with van der Waals surface area (Å²) in [4.78, 5) is 12.1. The molecule has 22 heavy (non-hydrogen) atoms. The van der Waals surface area contributed by atoms with Gasteiger partial charge in [-0.1, -0.05) is 18.2 Å². The van der Waals surface area contributed by atoms with E-state index < -0.39 is 6.61 Å². The van der Waals surface area contributed by atoms with Crippen LogP contribution in [0.1, 0.15) is 17.3 Å². The summed E-state index contributed by atoms with van der Waals surface area (Å²) in [7, 11) is 0. The Hall–Kier alpha value is -2.63. The Bertz CT molecular complexity index is 633. The molecule has 0 unspecified atom stereocenters. The molecule has 0 fully saturated rings. The molecule has 116 valence electrons. The molecule has 2 aromatic carbocycles. The summed E-state index contributed by atoms with van der Waals surface area (Å²) in [6.45, 7) is -0.977. The van der Waals surface area contributed by atoms with Crippen molar-refractivity contribution in [1.29, 1.82) is 0 Å². The lowest BCUT2D eigenvalue weighted by Gasteiger charge is -2.12. The Kier molecular flexibility index (Phi) is 5.30. The van der Waals surface area contributed by atoms with Crippen LogP contribution in [-0.4, -0.2) is 19.1 Å². The number of anilines is 1. The molecule has 0 bridgehead atoms. The highest BCUT2D eigenvalue weighted by molar-refractivity contribution is 6.04. The van der Waals surface area contributed by atoms with Crippen LogP contribution >= 0.6 is 0 Å². The van der Waals surface area contributed by atoms with Gasteiger partial charge in [0.15, 0.2) is 11.5 Å². The third kappa shape index (κ3) is 4.18. The number of hydrogen-bond donors (Lipinski definition) is 1. The van der Waals surface area contributed by atoms with Gasteiger partial charge in [0.1, 0.15) is 0 Å². The molecule has 4 nitrogen and oxygen atoms in total. The Morgan fingerprint density at radius 3 is 2.50 bits per heavy atom. The minimum atomic E-state index is -2.96. The molecule has 1 N–H and O–H groups in total. The van der Waals surface area contributed by atoms with Gasteiger partial charge in [-0.3, -0.25) is 4.79 Å². The van der Waals surface area contributed by atoms with Gasteiger partial charge in [-0.25, -0.2) is 0 Å². The quantitative estimate of drug-likeness (QED) is 0.879. The Morgan fingerprint density at radius 1 is 1.14 bits per heavy atom. The highest BCUT2D eigenvalue weighted by Gasteiger charge is 2.14. The number of nitrogens with one attached hydrogen (secondary N) is 1. The van der Waals surface area contributed by atoms with Crippen molar-refractivity contribution in [2.75, 3.05) is 11.9 Å². The smallest absolute Gasteiger partial charge is 0.387 e. The highest BCUT2D eigenvalue weighted by atomic mass is 19.3. The van der Waals surface area contributed by atoms with Crippen LogP contribution < -0.4 is 14.8 Å². The normalized spacial score (nSPS) is 10.4. The van der Waals surface area contributed by atoms with Gasteiger partial charge in [-0.15, -0.1) is 0 Å². The average Bonchev–Trinajstić information content (AvgIpc) is 2.49. The maximum absolute atomic E-state index is 12.3. The number of para-hydroxylation sites is 1. The Morgan fingerprint density at radius 2 is 1.86 bits per heavy atom. The maximum atomic E-state index is 12.3. The van der Waals surface area contributed by atoms with Crippen LogP contribution in [-0.2, 0) is 0 Å². The van der Waals surface area contributed by atoms with Gasteiger partial charge < -0.3 is 14.8 Å². The first-order chi connectivity index (χ1) is 10.6. The summed E-state index contributed by atoms with van der Waals surface area (Å²) >= 11 is 0. The summed E-state index contributed by atoms with van der Waals surface area (Å²) in [6.07, 6.45) is 0. The van der Waals surface area contributed by atoms with Crippen molar-refractivity contribution in [2.45, 2.75) is 13.5 Å². The van der Waals surface area contributed by atoms with Gasteiger partial charge in [0.05, 0.1) is 6.61 Å². The summed E-state index contributed by atoms with van der Waals surface area (Å²) in [5, 5.41) is 2.70. The molecular formula is C16H15F2NO3. The SMILES string of the molecule is CCOc1cc(C(=O)Nc2ccccc2)ccc1OC(F)F. The lowest BCUT2D eigenvalue weighted by Crippen LogP contribution is -2.12. The second-order valence-corrected chi connectivity index (χ2v) is 4.29. The molecule has 0 saturated carbocycles. The van der Waals surface area contributed by atoms with Crippen LogP contribution in [0, 0.1) is 0 Å². The lowest BCUT2D eigenvalue weighted by molar-refractivity contribution is -0.0514. The highest BCUT2D eigenvalue weighted by Crippen LogP contribution is 2.30. The van der Waals surface area contributed by atoms with E-state index in [4.69, 9.17) is 4.74 Å². The number of halogens is 2. The molecule has 0 spiro atoms. The topological polar surface area (TPSA) is 47.6 Å². The number of carbonyl (C=O) groups excluding carboxylic acids is 1. The second kappa shape index (κ2) is 7.40. The molecule has 0 aromatic heterocycles. The minimum Gasteiger partial charge on any atom is -0.490 e. The monoisotopic (exact) mass is 307 g/mol. The second-order valence-electron chi connectivity index (χ2n) is 4.29. The summed E-state index contributed by atoms with van der Waals surface area (Å²) < 4.78 is 34.3. The number of hydrogen-bond acceptors (Lipinski definition) is 3. The molecule has 2 rings (SSSR count). The fourth-order valence-electron chi connectivity index (χ4n) is 1.84. The molecule has 0 heterocycles. The molecule has 1 amide bonds. The van der Waals surface area contributed by atoms with E-state index in [0.29, 0.717) is 5.69 Å². The molecular weight excluding hydrogens is 292 g/mol. The van der Waals surface area contributed by atoms with Crippen LogP contribution in [0.15, 0.2) is 48.5 Å². The van der Waals surface area contributed by atoms with Gasteiger partial charge in [-0.05, 0) is 37.3 Å². The first kappa shape index (κ1) is 15.8. The van der Waals surface area contributed by atoms with Crippen molar-refractivity contribution in [2.24, 2.45) is 0 Å². The van der Waals surface area contributed by atoms with Gasteiger partial charge in [0.25, 0.3) is 5.91 Å². The van der Waals surface area contributed by atoms with Gasteiger partial charge in [0.2, 0.25) is 0 Å². The summed E-state index contributed by atoms with van der Waals surface area (Å²) in [6, 6.07) is 13.0. The van der Waals surface area contributed by atoms with Crippen molar-refractivity contribution < 1.29 is 23.0 Å². The molecule has 0 aliphatic carbocycles. The zero-order chi connectivity index (χ0) is 15.9. The maximum Gasteiger partial charge on any atom is 0.387 e. The van der Waals surface area contributed by atoms with E-state index in [1.807, 2.05) is 6.07 Å². The number of alkyl halides is 2. The van der Waals surface area contributed by atoms with Crippen LogP contribution in [0.4, 0.5) is 14.5 Å². The van der Waals surface area contributed by atoms with Crippen LogP contribution in [0.3, 0.4) is 0 Å². The van der Waals surface area contributed by atoms with Crippen LogP contribution in [0.2, 0.25) is 0 Å². The molecule has 0 saturated heterocycles.